The molecule has 0 saturated carbocycles. The number of likely N-dealkylation sites (N-methyl/N-ethyl adjacent to an activating group) is 1. The number of aliphatic carboxylic acids is 1. The molecule has 0 heterocycles. The smallest absolute Gasteiger partial charge is 0.326 e. The van der Waals surface area contributed by atoms with Crippen molar-refractivity contribution in [1.29, 1.82) is 0 Å². The molecule has 0 aromatic rings. The van der Waals surface area contributed by atoms with Crippen molar-refractivity contribution >= 4 is 17.9 Å². The van der Waals surface area contributed by atoms with Crippen molar-refractivity contribution in [3.8, 4) is 0 Å². The number of nitrogens with two attached hydrogens (primary N) is 1. The van der Waals surface area contributed by atoms with Crippen molar-refractivity contribution in [1.82, 2.24) is 10.2 Å². The summed E-state index contributed by atoms with van der Waals surface area (Å²) in [5, 5.41) is 19.9. The molecule has 18 heavy (non-hydrogen) atoms. The third kappa shape index (κ3) is 6.04. The number of aliphatic hydroxyl groups excluding tert-OH is 1. The first-order valence-electron chi connectivity index (χ1n) is 5.59. The SMILES string of the molecule is CCN(CCO)C(=O)N[C@@H](CCC(N)=O)C(=O)O. The van der Waals surface area contributed by atoms with E-state index in [-0.39, 0.29) is 26.0 Å². The standard InChI is InChI=1S/C10H19N3O5/c1-2-13(5-6-14)10(18)12-7(9(16)17)3-4-8(11)15/h7,14H,2-6H2,1H3,(H2,11,15)(H,12,18)(H,16,17)/t7-/m0/s1. The summed E-state index contributed by atoms with van der Waals surface area (Å²) in [6.45, 7) is 1.95. The van der Waals surface area contributed by atoms with Gasteiger partial charge in [-0.15, -0.1) is 0 Å². The van der Waals surface area contributed by atoms with E-state index in [1.165, 1.54) is 4.90 Å². The fraction of sp³-hybridized carbons (Fsp3) is 0.700. The lowest BCUT2D eigenvalue weighted by Gasteiger charge is -2.23. The van der Waals surface area contributed by atoms with Crippen LogP contribution in [0.4, 0.5) is 4.79 Å². The van der Waals surface area contributed by atoms with Crippen LogP contribution >= 0.6 is 0 Å². The first kappa shape index (κ1) is 16.2. The number of carboxylic acid groups (broad SMARTS) is 1. The van der Waals surface area contributed by atoms with Crippen LogP contribution in [-0.4, -0.2) is 58.8 Å². The molecule has 0 bridgehead atoms. The van der Waals surface area contributed by atoms with Crippen molar-refractivity contribution in [2.24, 2.45) is 5.73 Å². The molecule has 0 spiro atoms. The molecule has 0 fully saturated rings. The molecule has 3 amide bonds. The summed E-state index contributed by atoms with van der Waals surface area (Å²) in [6.07, 6.45) is -0.184. The second kappa shape index (κ2) is 8.29. The summed E-state index contributed by atoms with van der Waals surface area (Å²) < 4.78 is 0. The highest BCUT2D eigenvalue weighted by Crippen LogP contribution is 1.99. The highest BCUT2D eigenvalue weighted by Gasteiger charge is 2.22. The molecule has 0 aromatic heterocycles. The topological polar surface area (TPSA) is 133 Å². The Morgan fingerprint density at radius 3 is 2.39 bits per heavy atom. The number of nitrogens with one attached hydrogen (secondary N) is 1. The molecular weight excluding hydrogens is 242 g/mol. The van der Waals surface area contributed by atoms with Gasteiger partial charge in [-0.3, -0.25) is 4.79 Å². The van der Waals surface area contributed by atoms with Crippen LogP contribution in [0.1, 0.15) is 19.8 Å². The minimum atomic E-state index is -1.23. The van der Waals surface area contributed by atoms with Crippen molar-refractivity contribution < 1.29 is 24.6 Å². The lowest BCUT2D eigenvalue weighted by Crippen LogP contribution is -2.48. The predicted octanol–water partition coefficient (Wildman–Crippen LogP) is -1.27. The quantitative estimate of drug-likeness (QED) is 0.432. The molecule has 1 atom stereocenters. The van der Waals surface area contributed by atoms with E-state index in [9.17, 15) is 14.4 Å². The normalized spacial score (nSPS) is 11.7. The molecule has 0 unspecified atom stereocenters. The van der Waals surface area contributed by atoms with Gasteiger partial charge >= 0.3 is 12.0 Å². The van der Waals surface area contributed by atoms with Gasteiger partial charge in [0, 0.05) is 19.5 Å². The molecule has 0 aliphatic rings. The maximum atomic E-state index is 11.6. The summed E-state index contributed by atoms with van der Waals surface area (Å²) >= 11 is 0. The fourth-order valence-corrected chi connectivity index (χ4v) is 1.31. The number of urea groups is 1. The van der Waals surface area contributed by atoms with Crippen molar-refractivity contribution in [2.45, 2.75) is 25.8 Å². The Kier molecular flexibility index (Phi) is 7.45. The maximum absolute atomic E-state index is 11.6. The Balaban J connectivity index is 4.42. The minimum Gasteiger partial charge on any atom is -0.480 e. The van der Waals surface area contributed by atoms with E-state index in [0.717, 1.165) is 0 Å². The maximum Gasteiger partial charge on any atom is 0.326 e. The lowest BCUT2D eigenvalue weighted by atomic mass is 10.1. The second-order valence-corrected chi connectivity index (χ2v) is 3.65. The van der Waals surface area contributed by atoms with E-state index in [0.29, 0.717) is 6.54 Å². The summed E-state index contributed by atoms with van der Waals surface area (Å²) in [5.74, 6) is -1.86. The molecule has 8 heteroatoms. The largest absolute Gasteiger partial charge is 0.480 e. The van der Waals surface area contributed by atoms with Crippen LogP contribution in [0.2, 0.25) is 0 Å². The Morgan fingerprint density at radius 1 is 1.39 bits per heavy atom. The van der Waals surface area contributed by atoms with Gasteiger partial charge in [0.15, 0.2) is 0 Å². The molecular formula is C10H19N3O5. The Hall–Kier alpha value is -1.83. The van der Waals surface area contributed by atoms with Gasteiger partial charge in [0.2, 0.25) is 5.91 Å². The van der Waals surface area contributed by atoms with Crippen LogP contribution in [0.5, 0.6) is 0 Å². The summed E-state index contributed by atoms with van der Waals surface area (Å²) in [4.78, 5) is 34.4. The number of hydrogen-bond acceptors (Lipinski definition) is 4. The number of carbonyl (C=O) groups is 3. The number of rotatable bonds is 8. The van der Waals surface area contributed by atoms with Crippen LogP contribution in [-0.2, 0) is 9.59 Å². The Morgan fingerprint density at radius 2 is 2.00 bits per heavy atom. The van der Waals surface area contributed by atoms with Crippen molar-refractivity contribution in [2.75, 3.05) is 19.7 Å². The Bertz CT molecular complexity index is 308. The van der Waals surface area contributed by atoms with Crippen molar-refractivity contribution in [3.63, 3.8) is 0 Å². The van der Waals surface area contributed by atoms with E-state index in [4.69, 9.17) is 15.9 Å². The van der Waals surface area contributed by atoms with E-state index in [1.54, 1.807) is 6.92 Å². The van der Waals surface area contributed by atoms with E-state index in [2.05, 4.69) is 5.32 Å². The number of primary amides is 1. The number of amides is 3. The highest BCUT2D eigenvalue weighted by atomic mass is 16.4. The van der Waals surface area contributed by atoms with E-state index in [1.807, 2.05) is 0 Å². The number of hydrogen-bond donors (Lipinski definition) is 4. The molecule has 104 valence electrons. The third-order valence-electron chi connectivity index (χ3n) is 2.31. The van der Waals surface area contributed by atoms with Gasteiger partial charge in [-0.1, -0.05) is 0 Å². The van der Waals surface area contributed by atoms with E-state index >= 15 is 0 Å². The summed E-state index contributed by atoms with van der Waals surface area (Å²) in [5.41, 5.74) is 4.92. The zero-order chi connectivity index (χ0) is 14.1. The van der Waals surface area contributed by atoms with Gasteiger partial charge in [-0.2, -0.15) is 0 Å². The van der Waals surface area contributed by atoms with E-state index < -0.39 is 23.9 Å². The van der Waals surface area contributed by atoms with Gasteiger partial charge in [0.1, 0.15) is 6.04 Å². The lowest BCUT2D eigenvalue weighted by molar-refractivity contribution is -0.139. The number of carbonyl (C=O) groups excluding carboxylic acids is 2. The number of carboxylic acids is 1. The molecule has 0 rings (SSSR count). The van der Waals surface area contributed by atoms with Gasteiger partial charge in [0.25, 0.3) is 0 Å². The molecule has 8 nitrogen and oxygen atoms in total. The third-order valence-corrected chi connectivity index (χ3v) is 2.31. The summed E-state index contributed by atoms with van der Waals surface area (Å²) in [6, 6.07) is -1.76. The molecule has 5 N–H and O–H groups in total. The van der Waals surface area contributed by atoms with Gasteiger partial charge < -0.3 is 26.2 Å². The minimum absolute atomic E-state index is 0.0624. The molecule has 0 saturated heterocycles. The molecule has 0 aliphatic heterocycles. The number of aliphatic hydroxyl groups is 1. The fourth-order valence-electron chi connectivity index (χ4n) is 1.31. The van der Waals surface area contributed by atoms with Gasteiger partial charge in [-0.05, 0) is 13.3 Å². The van der Waals surface area contributed by atoms with Crippen LogP contribution in [0, 0.1) is 0 Å². The van der Waals surface area contributed by atoms with Gasteiger partial charge in [-0.25, -0.2) is 9.59 Å². The predicted molar refractivity (Wildman–Crippen MR) is 62.7 cm³/mol. The average Bonchev–Trinajstić information content (AvgIpc) is 2.30. The van der Waals surface area contributed by atoms with Crippen LogP contribution in [0.25, 0.3) is 0 Å². The second-order valence-electron chi connectivity index (χ2n) is 3.65. The number of nitrogens with zero attached hydrogens (tertiary/aromatic N) is 1. The van der Waals surface area contributed by atoms with Gasteiger partial charge in [0.05, 0.1) is 6.61 Å². The molecule has 0 aliphatic carbocycles. The summed E-state index contributed by atoms with van der Waals surface area (Å²) in [7, 11) is 0. The first-order valence-corrected chi connectivity index (χ1v) is 5.59. The molecule has 0 radical (unpaired) electrons. The van der Waals surface area contributed by atoms with Crippen LogP contribution in [0.15, 0.2) is 0 Å². The monoisotopic (exact) mass is 261 g/mol. The zero-order valence-corrected chi connectivity index (χ0v) is 10.3. The van der Waals surface area contributed by atoms with Crippen molar-refractivity contribution in [3.05, 3.63) is 0 Å². The average molecular weight is 261 g/mol. The Labute approximate surface area is 105 Å². The zero-order valence-electron chi connectivity index (χ0n) is 10.3. The highest BCUT2D eigenvalue weighted by molar-refractivity contribution is 5.83. The first-order chi connectivity index (χ1) is 8.42. The van der Waals surface area contributed by atoms with Crippen LogP contribution in [0.3, 0.4) is 0 Å². The van der Waals surface area contributed by atoms with Crippen LogP contribution < -0.4 is 11.1 Å². The molecule has 0 aromatic carbocycles.